The monoisotopic (exact) mass is 274 g/mol. The van der Waals surface area contributed by atoms with E-state index < -0.39 is 11.4 Å². The van der Waals surface area contributed by atoms with Crippen LogP contribution in [0.2, 0.25) is 0 Å². The van der Waals surface area contributed by atoms with E-state index in [1.165, 1.54) is 0 Å². The maximum absolute atomic E-state index is 10.9. The van der Waals surface area contributed by atoms with Crippen molar-refractivity contribution >= 4 is 11.0 Å². The van der Waals surface area contributed by atoms with Gasteiger partial charge in [0.1, 0.15) is 0 Å². The number of nitrogens with one attached hydrogen (secondary N) is 1. The Kier molecular flexibility index (Phi) is 2.64. The molecule has 2 heterocycles. The standard InChI is InChI=1S/C15H18N2O3/c18-14(3-5-15(6-4-14)19-7-8-20-15)11-1-2-12-13(9-11)17-10-16-12/h1-2,9-10,18H,3-8H2,(H,16,17). The Morgan fingerprint density at radius 2 is 1.85 bits per heavy atom. The van der Waals surface area contributed by atoms with Crippen molar-refractivity contribution in [3.05, 3.63) is 30.1 Å². The van der Waals surface area contributed by atoms with Gasteiger partial charge in [-0.1, -0.05) is 6.07 Å². The van der Waals surface area contributed by atoms with Crippen LogP contribution in [-0.4, -0.2) is 34.1 Å². The number of hydrogen-bond acceptors (Lipinski definition) is 4. The van der Waals surface area contributed by atoms with Crippen LogP contribution in [0.5, 0.6) is 0 Å². The molecule has 4 rings (SSSR count). The van der Waals surface area contributed by atoms with Gasteiger partial charge in [-0.25, -0.2) is 4.98 Å². The van der Waals surface area contributed by atoms with Crippen molar-refractivity contribution in [3.63, 3.8) is 0 Å². The first kappa shape index (κ1) is 12.3. The zero-order valence-electron chi connectivity index (χ0n) is 11.3. The number of aromatic nitrogens is 2. The second-order valence-corrected chi connectivity index (χ2v) is 5.77. The molecule has 5 heteroatoms. The highest BCUT2D eigenvalue weighted by atomic mass is 16.7. The van der Waals surface area contributed by atoms with Gasteiger partial charge in [-0.05, 0) is 30.5 Å². The molecule has 0 atom stereocenters. The number of aromatic amines is 1. The molecule has 1 spiro atoms. The van der Waals surface area contributed by atoms with Gasteiger partial charge >= 0.3 is 0 Å². The minimum absolute atomic E-state index is 0.440. The molecule has 106 valence electrons. The van der Waals surface area contributed by atoms with Crippen LogP contribution in [0.25, 0.3) is 11.0 Å². The van der Waals surface area contributed by atoms with E-state index in [0.717, 1.165) is 29.4 Å². The lowest BCUT2D eigenvalue weighted by Gasteiger charge is -2.40. The van der Waals surface area contributed by atoms with Gasteiger partial charge in [0.15, 0.2) is 5.79 Å². The Hall–Kier alpha value is -1.43. The zero-order chi connectivity index (χ0) is 13.6. The largest absolute Gasteiger partial charge is 0.385 e. The molecule has 1 aliphatic heterocycles. The summed E-state index contributed by atoms with van der Waals surface area (Å²) >= 11 is 0. The van der Waals surface area contributed by atoms with Crippen molar-refractivity contribution < 1.29 is 14.6 Å². The molecule has 1 aromatic carbocycles. The number of rotatable bonds is 1. The number of imidazole rings is 1. The summed E-state index contributed by atoms with van der Waals surface area (Å²) < 4.78 is 11.4. The van der Waals surface area contributed by atoms with Crippen LogP contribution >= 0.6 is 0 Å². The number of fused-ring (bicyclic) bond motifs is 1. The Bertz CT molecular complexity index is 621. The molecule has 5 nitrogen and oxygen atoms in total. The maximum atomic E-state index is 10.9. The summed E-state index contributed by atoms with van der Waals surface area (Å²) in [7, 11) is 0. The molecule has 0 unspecified atom stereocenters. The molecule has 0 bridgehead atoms. The molecule has 2 fully saturated rings. The van der Waals surface area contributed by atoms with E-state index in [1.54, 1.807) is 6.33 Å². The molecule has 1 aliphatic carbocycles. The summed E-state index contributed by atoms with van der Waals surface area (Å²) in [6, 6.07) is 5.92. The van der Waals surface area contributed by atoms with Crippen molar-refractivity contribution in [1.82, 2.24) is 9.97 Å². The van der Waals surface area contributed by atoms with Crippen LogP contribution in [0.3, 0.4) is 0 Å². The highest BCUT2D eigenvalue weighted by molar-refractivity contribution is 5.75. The lowest BCUT2D eigenvalue weighted by molar-refractivity contribution is -0.204. The summed E-state index contributed by atoms with van der Waals surface area (Å²) in [6.07, 6.45) is 4.48. The number of aliphatic hydroxyl groups is 1. The predicted octanol–water partition coefficient (Wildman–Crippen LogP) is 2.07. The first-order valence-electron chi connectivity index (χ1n) is 7.13. The molecule has 1 saturated heterocycles. The van der Waals surface area contributed by atoms with E-state index in [1.807, 2.05) is 18.2 Å². The lowest BCUT2D eigenvalue weighted by atomic mass is 9.77. The first-order valence-corrected chi connectivity index (χ1v) is 7.13. The quantitative estimate of drug-likeness (QED) is 0.835. The van der Waals surface area contributed by atoms with Crippen molar-refractivity contribution in [2.24, 2.45) is 0 Å². The summed E-state index contributed by atoms with van der Waals surface area (Å²) in [4.78, 5) is 7.30. The fourth-order valence-electron chi connectivity index (χ4n) is 3.34. The van der Waals surface area contributed by atoms with Crippen molar-refractivity contribution in [1.29, 1.82) is 0 Å². The Labute approximate surface area is 116 Å². The van der Waals surface area contributed by atoms with Gasteiger partial charge in [0, 0.05) is 12.8 Å². The van der Waals surface area contributed by atoms with Crippen molar-refractivity contribution in [2.45, 2.75) is 37.1 Å². The van der Waals surface area contributed by atoms with Gasteiger partial charge < -0.3 is 19.6 Å². The van der Waals surface area contributed by atoms with E-state index in [0.29, 0.717) is 26.1 Å². The summed E-state index contributed by atoms with van der Waals surface area (Å²) in [5.74, 6) is -0.440. The molecule has 2 aliphatic rings. The first-order chi connectivity index (χ1) is 9.69. The highest BCUT2D eigenvalue weighted by Gasteiger charge is 2.46. The van der Waals surface area contributed by atoms with E-state index in [4.69, 9.17) is 9.47 Å². The number of hydrogen-bond donors (Lipinski definition) is 2. The number of nitrogens with zero attached hydrogens (tertiary/aromatic N) is 1. The van der Waals surface area contributed by atoms with Crippen molar-refractivity contribution in [3.8, 4) is 0 Å². The highest BCUT2D eigenvalue weighted by Crippen LogP contribution is 2.45. The number of H-pyrrole nitrogens is 1. The second kappa shape index (κ2) is 4.28. The Balaban J connectivity index is 1.61. The van der Waals surface area contributed by atoms with Gasteiger partial charge in [-0.15, -0.1) is 0 Å². The molecule has 0 amide bonds. The molecule has 2 aromatic rings. The molecular formula is C15H18N2O3. The van der Waals surface area contributed by atoms with E-state index >= 15 is 0 Å². The Morgan fingerprint density at radius 1 is 1.10 bits per heavy atom. The van der Waals surface area contributed by atoms with Crippen LogP contribution in [0.1, 0.15) is 31.2 Å². The molecule has 2 N–H and O–H groups in total. The summed E-state index contributed by atoms with van der Waals surface area (Å²) in [5.41, 5.74) is 2.04. The lowest BCUT2D eigenvalue weighted by Crippen LogP contribution is -2.42. The average Bonchev–Trinajstić information content (AvgIpc) is 3.11. The minimum Gasteiger partial charge on any atom is -0.385 e. The fraction of sp³-hybridized carbons (Fsp3) is 0.533. The smallest absolute Gasteiger partial charge is 0.168 e. The van der Waals surface area contributed by atoms with E-state index in [9.17, 15) is 5.11 Å². The van der Waals surface area contributed by atoms with Gasteiger partial charge in [0.05, 0.1) is 36.2 Å². The average molecular weight is 274 g/mol. The molecular weight excluding hydrogens is 256 g/mol. The van der Waals surface area contributed by atoms with Gasteiger partial charge in [0.25, 0.3) is 0 Å². The van der Waals surface area contributed by atoms with E-state index in [2.05, 4.69) is 9.97 Å². The molecule has 0 radical (unpaired) electrons. The fourth-order valence-corrected chi connectivity index (χ4v) is 3.34. The third kappa shape index (κ3) is 1.85. The molecule has 1 saturated carbocycles. The summed E-state index contributed by atoms with van der Waals surface area (Å²) in [6.45, 7) is 1.33. The predicted molar refractivity (Wildman–Crippen MR) is 73.1 cm³/mol. The normalized spacial score (nSPS) is 24.4. The van der Waals surface area contributed by atoms with Crippen LogP contribution in [0.4, 0.5) is 0 Å². The summed E-state index contributed by atoms with van der Waals surface area (Å²) in [5, 5.41) is 10.9. The second-order valence-electron chi connectivity index (χ2n) is 5.77. The van der Waals surface area contributed by atoms with Gasteiger partial charge in [-0.2, -0.15) is 0 Å². The molecule has 1 aromatic heterocycles. The van der Waals surface area contributed by atoms with Crippen LogP contribution < -0.4 is 0 Å². The number of benzene rings is 1. The van der Waals surface area contributed by atoms with Gasteiger partial charge in [-0.3, -0.25) is 0 Å². The maximum Gasteiger partial charge on any atom is 0.168 e. The van der Waals surface area contributed by atoms with Gasteiger partial charge in [0.2, 0.25) is 0 Å². The minimum atomic E-state index is -0.792. The zero-order valence-corrected chi connectivity index (χ0v) is 11.3. The van der Waals surface area contributed by atoms with Crippen LogP contribution in [0.15, 0.2) is 24.5 Å². The van der Waals surface area contributed by atoms with Crippen LogP contribution in [-0.2, 0) is 15.1 Å². The van der Waals surface area contributed by atoms with E-state index in [-0.39, 0.29) is 0 Å². The molecule has 20 heavy (non-hydrogen) atoms. The Morgan fingerprint density at radius 3 is 2.60 bits per heavy atom. The SMILES string of the molecule is OC1(c2ccc3nc[nH]c3c2)CCC2(CC1)OCCO2. The number of ether oxygens (including phenoxy) is 2. The topological polar surface area (TPSA) is 67.4 Å². The van der Waals surface area contributed by atoms with Crippen LogP contribution in [0, 0.1) is 0 Å². The third-order valence-corrected chi connectivity index (χ3v) is 4.61. The third-order valence-electron chi connectivity index (χ3n) is 4.61. The van der Waals surface area contributed by atoms with Crippen molar-refractivity contribution in [2.75, 3.05) is 13.2 Å².